The highest BCUT2D eigenvalue weighted by Crippen LogP contribution is 2.19. The first-order valence-corrected chi connectivity index (χ1v) is 6.99. The van der Waals surface area contributed by atoms with Crippen LogP contribution in [0.3, 0.4) is 0 Å². The molecular weight excluding hydrogens is 258 g/mol. The van der Waals surface area contributed by atoms with Gasteiger partial charge in [0.25, 0.3) is 10.0 Å². The van der Waals surface area contributed by atoms with E-state index in [1.54, 1.807) is 14.0 Å². The standard InChI is InChI=1S/C10H19N3O4S/c1-8-9(7-14)10(12-11-8)18(15,16)13(2)5-4-6-17-3/h14H,4-7H2,1-3H3,(H,11,12). The van der Waals surface area contributed by atoms with Gasteiger partial charge in [-0.1, -0.05) is 0 Å². The van der Waals surface area contributed by atoms with E-state index in [-0.39, 0.29) is 11.6 Å². The van der Waals surface area contributed by atoms with E-state index in [0.717, 1.165) is 0 Å². The summed E-state index contributed by atoms with van der Waals surface area (Å²) in [5.74, 6) is 0. The first-order valence-electron chi connectivity index (χ1n) is 5.55. The zero-order chi connectivity index (χ0) is 13.8. The number of ether oxygens (including phenoxy) is 1. The quantitative estimate of drug-likeness (QED) is 0.677. The predicted molar refractivity (Wildman–Crippen MR) is 65.6 cm³/mol. The van der Waals surface area contributed by atoms with Gasteiger partial charge in [-0.15, -0.1) is 0 Å². The third-order valence-corrected chi connectivity index (χ3v) is 4.50. The molecule has 0 aliphatic carbocycles. The second-order valence-electron chi connectivity index (χ2n) is 3.96. The monoisotopic (exact) mass is 277 g/mol. The van der Waals surface area contributed by atoms with Crippen LogP contribution in [0.15, 0.2) is 5.03 Å². The Labute approximate surface area is 107 Å². The smallest absolute Gasteiger partial charge is 0.262 e. The fourth-order valence-electron chi connectivity index (χ4n) is 1.53. The van der Waals surface area contributed by atoms with Crippen LogP contribution in [-0.4, -0.2) is 55.3 Å². The summed E-state index contributed by atoms with van der Waals surface area (Å²) in [5, 5.41) is 15.4. The van der Waals surface area contributed by atoms with Crippen molar-refractivity contribution >= 4 is 10.0 Å². The number of rotatable bonds is 7. The molecule has 0 fully saturated rings. The molecule has 0 atom stereocenters. The number of aromatic nitrogens is 2. The van der Waals surface area contributed by atoms with Crippen molar-refractivity contribution in [3.63, 3.8) is 0 Å². The summed E-state index contributed by atoms with van der Waals surface area (Å²) in [6.07, 6.45) is 0.601. The van der Waals surface area contributed by atoms with Gasteiger partial charge in [0.05, 0.1) is 6.61 Å². The lowest BCUT2D eigenvalue weighted by Gasteiger charge is -2.15. The molecule has 0 aliphatic heterocycles. The number of nitrogens with one attached hydrogen (secondary N) is 1. The largest absolute Gasteiger partial charge is 0.392 e. The summed E-state index contributed by atoms with van der Waals surface area (Å²) in [6.45, 7) is 2.14. The number of hydrogen-bond acceptors (Lipinski definition) is 5. The fraction of sp³-hybridized carbons (Fsp3) is 0.700. The average Bonchev–Trinajstić information content (AvgIpc) is 2.71. The third-order valence-electron chi connectivity index (χ3n) is 2.67. The number of methoxy groups -OCH3 is 1. The van der Waals surface area contributed by atoms with E-state index in [4.69, 9.17) is 4.74 Å². The third kappa shape index (κ3) is 3.08. The number of aromatic amines is 1. The van der Waals surface area contributed by atoms with Crippen LogP contribution in [0.4, 0.5) is 0 Å². The highest BCUT2D eigenvalue weighted by Gasteiger charge is 2.27. The van der Waals surface area contributed by atoms with Gasteiger partial charge in [-0.3, -0.25) is 5.10 Å². The van der Waals surface area contributed by atoms with Crippen LogP contribution in [0.5, 0.6) is 0 Å². The molecule has 2 N–H and O–H groups in total. The molecule has 0 spiro atoms. The maximum absolute atomic E-state index is 12.2. The number of aliphatic hydroxyl groups excluding tert-OH is 1. The van der Waals surface area contributed by atoms with Crippen molar-refractivity contribution in [1.82, 2.24) is 14.5 Å². The van der Waals surface area contributed by atoms with Crippen LogP contribution in [0, 0.1) is 6.92 Å². The van der Waals surface area contributed by atoms with Crippen LogP contribution < -0.4 is 0 Å². The Morgan fingerprint density at radius 2 is 2.17 bits per heavy atom. The van der Waals surface area contributed by atoms with E-state index in [1.807, 2.05) is 0 Å². The van der Waals surface area contributed by atoms with Gasteiger partial charge >= 0.3 is 0 Å². The second-order valence-corrected chi connectivity index (χ2v) is 5.92. The molecule has 104 valence electrons. The highest BCUT2D eigenvalue weighted by atomic mass is 32.2. The molecule has 0 unspecified atom stereocenters. The van der Waals surface area contributed by atoms with Gasteiger partial charge < -0.3 is 9.84 Å². The fourth-order valence-corrected chi connectivity index (χ4v) is 2.88. The molecule has 1 aromatic heterocycles. The number of aryl methyl sites for hydroxylation is 1. The Balaban J connectivity index is 2.91. The SMILES string of the molecule is COCCCN(C)S(=O)(=O)c1n[nH]c(C)c1CO. The Bertz CT molecular complexity index is 483. The van der Waals surface area contributed by atoms with Crippen molar-refractivity contribution in [2.24, 2.45) is 0 Å². The lowest BCUT2D eigenvalue weighted by molar-refractivity contribution is 0.189. The van der Waals surface area contributed by atoms with Crippen LogP contribution >= 0.6 is 0 Å². The molecule has 1 aromatic rings. The van der Waals surface area contributed by atoms with Gasteiger partial charge in [0, 0.05) is 38.6 Å². The normalized spacial score (nSPS) is 12.3. The van der Waals surface area contributed by atoms with Gasteiger partial charge in [-0.25, -0.2) is 8.42 Å². The molecule has 0 saturated carbocycles. The molecule has 0 aromatic carbocycles. The minimum absolute atomic E-state index is 0.109. The van der Waals surface area contributed by atoms with Gasteiger partial charge in [0.1, 0.15) is 0 Å². The van der Waals surface area contributed by atoms with Gasteiger partial charge in [0.2, 0.25) is 0 Å². The maximum Gasteiger partial charge on any atom is 0.262 e. The van der Waals surface area contributed by atoms with E-state index >= 15 is 0 Å². The van der Waals surface area contributed by atoms with Crippen molar-refractivity contribution in [2.45, 2.75) is 25.0 Å². The van der Waals surface area contributed by atoms with Crippen LogP contribution in [0.1, 0.15) is 17.7 Å². The van der Waals surface area contributed by atoms with Crippen LogP contribution in [0.2, 0.25) is 0 Å². The van der Waals surface area contributed by atoms with Crippen molar-refractivity contribution < 1.29 is 18.3 Å². The minimum Gasteiger partial charge on any atom is -0.392 e. The van der Waals surface area contributed by atoms with Crippen LogP contribution in [0.25, 0.3) is 0 Å². The van der Waals surface area contributed by atoms with E-state index in [9.17, 15) is 13.5 Å². The molecule has 1 rings (SSSR count). The molecular formula is C10H19N3O4S. The number of sulfonamides is 1. The number of hydrogen-bond donors (Lipinski definition) is 2. The predicted octanol–water partition coefficient (Wildman–Crippen LogP) is -0.133. The lowest BCUT2D eigenvalue weighted by Crippen LogP contribution is -2.29. The first kappa shape index (κ1) is 15.1. The van der Waals surface area contributed by atoms with E-state index in [2.05, 4.69) is 10.2 Å². The number of aliphatic hydroxyl groups is 1. The summed E-state index contributed by atoms with van der Waals surface area (Å²) in [4.78, 5) is 0. The molecule has 0 aliphatic rings. The van der Waals surface area contributed by atoms with Gasteiger partial charge in [-0.05, 0) is 13.3 Å². The van der Waals surface area contributed by atoms with Gasteiger partial charge in [0.15, 0.2) is 5.03 Å². The highest BCUT2D eigenvalue weighted by molar-refractivity contribution is 7.89. The van der Waals surface area contributed by atoms with Crippen LogP contribution in [-0.2, 0) is 21.4 Å². The molecule has 18 heavy (non-hydrogen) atoms. The number of nitrogens with zero attached hydrogens (tertiary/aromatic N) is 2. The summed E-state index contributed by atoms with van der Waals surface area (Å²) < 4.78 is 30.5. The second kappa shape index (κ2) is 6.28. The van der Waals surface area contributed by atoms with Crippen molar-refractivity contribution in [3.8, 4) is 0 Å². The molecule has 0 saturated heterocycles. The van der Waals surface area contributed by atoms with Crippen molar-refractivity contribution in [3.05, 3.63) is 11.3 Å². The Morgan fingerprint density at radius 3 is 2.72 bits per heavy atom. The number of H-pyrrole nitrogens is 1. The Kier molecular flexibility index (Phi) is 5.27. The summed E-state index contributed by atoms with van der Waals surface area (Å²) in [6, 6.07) is 0. The zero-order valence-corrected chi connectivity index (χ0v) is 11.6. The Morgan fingerprint density at radius 1 is 1.50 bits per heavy atom. The molecule has 7 nitrogen and oxygen atoms in total. The summed E-state index contributed by atoms with van der Waals surface area (Å²) in [7, 11) is -0.619. The van der Waals surface area contributed by atoms with Gasteiger partial charge in [-0.2, -0.15) is 9.40 Å². The minimum atomic E-state index is -3.67. The first-order chi connectivity index (χ1) is 8.45. The molecule has 1 heterocycles. The van der Waals surface area contributed by atoms with Crippen molar-refractivity contribution in [1.29, 1.82) is 0 Å². The zero-order valence-electron chi connectivity index (χ0n) is 10.8. The van der Waals surface area contributed by atoms with E-state index in [1.165, 1.54) is 11.4 Å². The Hall–Kier alpha value is -0.960. The molecule has 8 heteroatoms. The molecule has 0 bridgehead atoms. The lowest BCUT2D eigenvalue weighted by atomic mass is 10.3. The van der Waals surface area contributed by atoms with E-state index in [0.29, 0.717) is 30.8 Å². The topological polar surface area (TPSA) is 95.5 Å². The van der Waals surface area contributed by atoms with Crippen molar-refractivity contribution in [2.75, 3.05) is 27.3 Å². The van der Waals surface area contributed by atoms with E-state index < -0.39 is 10.0 Å². The summed E-state index contributed by atoms with van der Waals surface area (Å²) >= 11 is 0. The maximum atomic E-state index is 12.2. The molecule has 0 radical (unpaired) electrons. The summed E-state index contributed by atoms with van der Waals surface area (Å²) in [5.41, 5.74) is 0.870. The average molecular weight is 277 g/mol. The molecule has 0 amide bonds.